The van der Waals surface area contributed by atoms with Gasteiger partial charge < -0.3 is 62.3 Å². The van der Waals surface area contributed by atoms with Crippen LogP contribution in [0.3, 0.4) is 0 Å². The van der Waals surface area contributed by atoms with Gasteiger partial charge in [-0.1, -0.05) is 13.8 Å². The summed E-state index contributed by atoms with van der Waals surface area (Å²) in [7, 11) is 0. The molecule has 374 valence electrons. The highest BCUT2D eigenvalue weighted by Gasteiger charge is 2.34. The number of esters is 1. The van der Waals surface area contributed by atoms with Crippen molar-refractivity contribution < 1.29 is 65.3 Å². The standard InChI is InChI=1S/C8H11NO3.C6H7NO3.C6H13NO2.C6H9NO.C5H9N3O.C5H8N2O.C4H7ClO3.C2H6/c1-4-11-8(10)7-9-5(2)6(3)12-7;1-3-4(2)10-5(7-3)6(8)9;1-5(7)6(2)8-3-4-9-6;1-4-5(2)8-6(3)7-4;1-3-4(2)9-5(7-3)8-6;1-3-4(2)8-5(6)7-3;1-2-7-3-8-4(5)6;1-2/h4H2,1-3H3;1-2H3,(H,8,9);5H,3-4,7H2,1-2H3;1-3H3;6H2,1-2H3,(H,7,8);1-2H3,(H2,6,7);2-3H2,1H3;1-2H3. The summed E-state index contributed by atoms with van der Waals surface area (Å²) in [6, 6.07) is 0.560. The number of rotatable bonds is 8. The highest BCUT2D eigenvalue weighted by Crippen LogP contribution is 2.20. The van der Waals surface area contributed by atoms with E-state index in [0.717, 1.165) is 45.9 Å². The molecule has 0 amide bonds. The van der Waals surface area contributed by atoms with Crippen molar-refractivity contribution in [3.8, 4) is 0 Å². The van der Waals surface area contributed by atoms with Gasteiger partial charge in [-0.15, -0.1) is 0 Å². The Morgan fingerprint density at radius 3 is 1.36 bits per heavy atom. The SMILES string of the molecule is CC.CC(N)C1(C)OCCO1.CCOC(=O)c1nc(C)c(C)o1.CCOCOC(=O)Cl.Cc1nc(C(=O)O)oc1C.Cc1nc(C)c(C)o1.Cc1nc(N)oc1C.Cc1nc(NN)oc1C. The van der Waals surface area contributed by atoms with E-state index in [9.17, 15) is 14.4 Å². The molecule has 6 heterocycles. The lowest BCUT2D eigenvalue weighted by Crippen LogP contribution is -2.44. The van der Waals surface area contributed by atoms with E-state index in [2.05, 4.69) is 39.8 Å². The number of carboxylic acids is 1. The fourth-order valence-electron chi connectivity index (χ4n) is 3.95. The third-order valence-electron chi connectivity index (χ3n) is 8.17. The fraction of sp³-hybridized carbons (Fsp3) is 0.571. The van der Waals surface area contributed by atoms with Gasteiger partial charge in [0.15, 0.2) is 18.5 Å². The predicted molar refractivity (Wildman–Crippen MR) is 244 cm³/mol. The number of carbonyl (C=O) groups is 3. The van der Waals surface area contributed by atoms with E-state index in [1.165, 1.54) is 0 Å². The van der Waals surface area contributed by atoms with Gasteiger partial charge in [-0.25, -0.2) is 35.2 Å². The van der Waals surface area contributed by atoms with Crippen LogP contribution in [0.15, 0.2) is 22.1 Å². The quantitative estimate of drug-likeness (QED) is 0.0245. The molecule has 1 saturated heterocycles. The van der Waals surface area contributed by atoms with Crippen molar-refractivity contribution in [2.75, 3.05) is 44.4 Å². The molecule has 1 aliphatic heterocycles. The molecule has 0 spiro atoms. The fourth-order valence-corrected chi connectivity index (χ4v) is 3.99. The van der Waals surface area contributed by atoms with Gasteiger partial charge in [0, 0.05) is 25.1 Å². The van der Waals surface area contributed by atoms with Gasteiger partial charge in [0.2, 0.25) is 0 Å². The summed E-state index contributed by atoms with van der Waals surface area (Å²) in [6.45, 7) is 33.4. The number of aryl methyl sites for hydroxylation is 11. The monoisotopic (exact) mass is 959 g/mol. The van der Waals surface area contributed by atoms with E-state index in [4.69, 9.17) is 70.3 Å². The highest BCUT2D eigenvalue weighted by molar-refractivity contribution is 6.61. The van der Waals surface area contributed by atoms with Crippen LogP contribution in [0.5, 0.6) is 0 Å². The van der Waals surface area contributed by atoms with Crippen molar-refractivity contribution in [3.05, 3.63) is 74.9 Å². The Balaban J connectivity index is 0. The summed E-state index contributed by atoms with van der Waals surface area (Å²) in [6.07, 6.45) is 0. The number of ether oxygens (including phenoxy) is 5. The molecule has 1 unspecified atom stereocenters. The van der Waals surface area contributed by atoms with Crippen LogP contribution in [0.25, 0.3) is 0 Å². The van der Waals surface area contributed by atoms with Crippen molar-refractivity contribution >= 4 is 41.0 Å². The first-order chi connectivity index (χ1) is 30.8. The summed E-state index contributed by atoms with van der Waals surface area (Å²) in [5.41, 5.74) is 16.3. The van der Waals surface area contributed by atoms with E-state index < -0.39 is 23.2 Å². The van der Waals surface area contributed by atoms with Crippen LogP contribution in [-0.2, 0) is 23.7 Å². The van der Waals surface area contributed by atoms with Crippen LogP contribution in [0.2, 0.25) is 0 Å². The largest absolute Gasteiger partial charge is 0.474 e. The number of aromatic carboxylic acids is 1. The van der Waals surface area contributed by atoms with Crippen LogP contribution < -0.4 is 22.7 Å². The molecule has 66 heavy (non-hydrogen) atoms. The smallest absolute Gasteiger partial charge is 0.405 e. The van der Waals surface area contributed by atoms with Crippen molar-refractivity contribution in [2.24, 2.45) is 11.6 Å². The molecule has 0 aromatic carbocycles. The third kappa shape index (κ3) is 25.0. The van der Waals surface area contributed by atoms with Crippen LogP contribution in [0.1, 0.15) is 126 Å². The number of carbonyl (C=O) groups excluding carboxylic acids is 2. The van der Waals surface area contributed by atoms with Gasteiger partial charge in [0.25, 0.3) is 6.01 Å². The lowest BCUT2D eigenvalue weighted by Gasteiger charge is -2.25. The maximum absolute atomic E-state index is 11.0. The Bertz CT molecular complexity index is 1990. The van der Waals surface area contributed by atoms with Crippen molar-refractivity contribution in [1.82, 2.24) is 24.9 Å². The maximum atomic E-state index is 11.0. The van der Waals surface area contributed by atoms with Gasteiger partial charge in [-0.2, -0.15) is 9.97 Å². The van der Waals surface area contributed by atoms with E-state index in [1.807, 2.05) is 76.2 Å². The first-order valence-electron chi connectivity index (χ1n) is 20.5. The Labute approximate surface area is 390 Å². The van der Waals surface area contributed by atoms with E-state index in [-0.39, 0.29) is 30.6 Å². The molecule has 0 bridgehead atoms. The lowest BCUT2D eigenvalue weighted by molar-refractivity contribution is -0.154. The van der Waals surface area contributed by atoms with E-state index >= 15 is 0 Å². The number of halogens is 1. The van der Waals surface area contributed by atoms with Crippen LogP contribution >= 0.6 is 11.6 Å². The molecule has 5 aromatic rings. The van der Waals surface area contributed by atoms with Crippen molar-refractivity contribution in [3.63, 3.8) is 0 Å². The molecule has 6 rings (SSSR count). The van der Waals surface area contributed by atoms with Gasteiger partial charge in [-0.3, -0.25) is 5.43 Å². The zero-order valence-corrected chi connectivity index (χ0v) is 42.0. The summed E-state index contributed by atoms with van der Waals surface area (Å²) in [5.74, 6) is 7.12. The number of nitrogens with one attached hydrogen (secondary N) is 1. The number of hydrazine groups is 1. The Hall–Kier alpha value is -5.85. The number of nitrogens with zero attached hydrogens (tertiary/aromatic N) is 5. The minimum atomic E-state index is -1.13. The van der Waals surface area contributed by atoms with Gasteiger partial charge in [0.05, 0.1) is 54.3 Å². The van der Waals surface area contributed by atoms with Crippen LogP contribution in [0.4, 0.5) is 16.8 Å². The number of carboxylic acid groups (broad SMARTS) is 1. The molecule has 1 aliphatic rings. The summed E-state index contributed by atoms with van der Waals surface area (Å²) >= 11 is 4.77. The second-order valence-corrected chi connectivity index (χ2v) is 13.5. The summed E-state index contributed by atoms with van der Waals surface area (Å²) < 4.78 is 48.8. The molecule has 0 saturated carbocycles. The number of oxazole rings is 5. The van der Waals surface area contributed by atoms with Gasteiger partial charge >= 0.3 is 35.2 Å². The molecule has 23 nitrogen and oxygen atoms in total. The minimum Gasteiger partial charge on any atom is -0.474 e. The molecule has 8 N–H and O–H groups in total. The summed E-state index contributed by atoms with van der Waals surface area (Å²) in [4.78, 5) is 50.3. The normalized spacial score (nSPS) is 12.0. The lowest BCUT2D eigenvalue weighted by atomic mass is 10.2. The number of nitrogen functional groups attached to an aromatic ring is 2. The summed E-state index contributed by atoms with van der Waals surface area (Å²) in [5, 5.41) is 8.37. The topological polar surface area (TPSA) is 338 Å². The Morgan fingerprint density at radius 2 is 1.14 bits per heavy atom. The van der Waals surface area contributed by atoms with E-state index in [1.54, 1.807) is 41.5 Å². The molecule has 0 aliphatic carbocycles. The zero-order valence-electron chi connectivity index (χ0n) is 41.2. The minimum absolute atomic E-state index is 0.0341. The van der Waals surface area contributed by atoms with Gasteiger partial charge in [0.1, 0.15) is 28.8 Å². The Morgan fingerprint density at radius 1 is 0.697 bits per heavy atom. The molecule has 0 radical (unpaired) electrons. The molecular formula is C42H70ClN9O14. The number of anilines is 2. The number of hydrogen-bond donors (Lipinski definition) is 5. The highest BCUT2D eigenvalue weighted by atomic mass is 35.5. The van der Waals surface area contributed by atoms with E-state index in [0.29, 0.717) is 49.7 Å². The average Bonchev–Trinajstić information content (AvgIpc) is 4.11. The molecule has 5 aromatic heterocycles. The second-order valence-electron chi connectivity index (χ2n) is 13.2. The molecule has 1 atom stereocenters. The number of nitrogens with two attached hydrogens (primary N) is 3. The van der Waals surface area contributed by atoms with Crippen LogP contribution in [-0.4, -0.2) is 92.4 Å². The second kappa shape index (κ2) is 32.7. The number of aromatic nitrogens is 5. The van der Waals surface area contributed by atoms with Gasteiger partial charge in [-0.05, 0) is 96.9 Å². The number of hydrogen-bond acceptors (Lipinski definition) is 22. The molecule has 1 fully saturated rings. The first kappa shape index (κ1) is 62.2. The van der Waals surface area contributed by atoms with Crippen molar-refractivity contribution in [1.29, 1.82) is 0 Å². The molecule has 24 heteroatoms. The Kier molecular flexibility index (Phi) is 30.9. The maximum Gasteiger partial charge on any atom is 0.405 e. The molecular weight excluding hydrogens is 890 g/mol. The zero-order chi connectivity index (χ0) is 51.3. The third-order valence-corrected chi connectivity index (χ3v) is 8.28. The van der Waals surface area contributed by atoms with Crippen LogP contribution in [0, 0.1) is 76.2 Å². The average molecular weight is 961 g/mol. The first-order valence-corrected chi connectivity index (χ1v) is 20.9. The van der Waals surface area contributed by atoms with Crippen molar-refractivity contribution in [2.45, 2.75) is 130 Å². The predicted octanol–water partition coefficient (Wildman–Crippen LogP) is 7.99.